The SMILES string of the molecule is CCCCCCNC(=O)CSc1nc2ccccc2c(=O)n1CCn1cc(Cl)cn1. The Kier molecular flexibility index (Phi) is 8.33. The first kappa shape index (κ1) is 22.4. The second-order valence-corrected chi connectivity index (χ2v) is 8.37. The van der Waals surface area contributed by atoms with E-state index >= 15 is 0 Å². The van der Waals surface area contributed by atoms with Crippen LogP contribution in [0.25, 0.3) is 10.9 Å². The number of aromatic nitrogens is 4. The molecule has 0 spiro atoms. The van der Waals surface area contributed by atoms with Gasteiger partial charge < -0.3 is 5.32 Å². The van der Waals surface area contributed by atoms with Gasteiger partial charge in [0.25, 0.3) is 5.56 Å². The highest BCUT2D eigenvalue weighted by Gasteiger charge is 2.13. The topological polar surface area (TPSA) is 81.8 Å². The highest BCUT2D eigenvalue weighted by molar-refractivity contribution is 7.99. The van der Waals surface area contributed by atoms with Crippen LogP contribution in [0.4, 0.5) is 0 Å². The molecule has 0 bridgehead atoms. The molecule has 0 saturated carbocycles. The van der Waals surface area contributed by atoms with Gasteiger partial charge in [-0.3, -0.25) is 18.8 Å². The van der Waals surface area contributed by atoms with Gasteiger partial charge in [0.2, 0.25) is 5.91 Å². The number of benzene rings is 1. The number of para-hydroxylation sites is 1. The summed E-state index contributed by atoms with van der Waals surface area (Å²) in [6.07, 6.45) is 7.71. The lowest BCUT2D eigenvalue weighted by molar-refractivity contribution is -0.118. The zero-order valence-electron chi connectivity index (χ0n) is 17.0. The minimum atomic E-state index is -0.124. The maximum absolute atomic E-state index is 13.0. The molecule has 3 rings (SSSR count). The van der Waals surface area contributed by atoms with Crippen molar-refractivity contribution >= 4 is 40.2 Å². The van der Waals surface area contributed by atoms with Crippen LogP contribution in [0.3, 0.4) is 0 Å². The highest BCUT2D eigenvalue weighted by Crippen LogP contribution is 2.18. The summed E-state index contributed by atoms with van der Waals surface area (Å²) in [5.41, 5.74) is 0.504. The molecule has 2 aromatic heterocycles. The number of halogens is 1. The summed E-state index contributed by atoms with van der Waals surface area (Å²) in [7, 11) is 0. The quantitative estimate of drug-likeness (QED) is 0.275. The monoisotopic (exact) mass is 447 g/mol. The van der Waals surface area contributed by atoms with Crippen molar-refractivity contribution in [2.75, 3.05) is 12.3 Å². The third kappa shape index (κ3) is 6.09. The summed E-state index contributed by atoms with van der Waals surface area (Å²) in [4.78, 5) is 29.9. The molecule has 1 N–H and O–H groups in total. The molecule has 0 aliphatic heterocycles. The van der Waals surface area contributed by atoms with Crippen molar-refractivity contribution in [3.63, 3.8) is 0 Å². The predicted molar refractivity (Wildman–Crippen MR) is 121 cm³/mol. The molecule has 9 heteroatoms. The third-order valence-electron chi connectivity index (χ3n) is 4.67. The second kappa shape index (κ2) is 11.2. The first-order valence-electron chi connectivity index (χ1n) is 10.2. The molecular formula is C21H26ClN5O2S. The van der Waals surface area contributed by atoms with Crippen molar-refractivity contribution in [1.29, 1.82) is 0 Å². The molecule has 0 fully saturated rings. The maximum Gasteiger partial charge on any atom is 0.262 e. The van der Waals surface area contributed by atoms with Gasteiger partial charge in [-0.05, 0) is 18.6 Å². The molecule has 160 valence electrons. The number of carbonyl (C=O) groups is 1. The van der Waals surface area contributed by atoms with Crippen LogP contribution in [0, 0.1) is 0 Å². The fourth-order valence-electron chi connectivity index (χ4n) is 3.08. The fourth-order valence-corrected chi connectivity index (χ4v) is 4.09. The molecule has 0 radical (unpaired) electrons. The van der Waals surface area contributed by atoms with Gasteiger partial charge in [0.15, 0.2) is 5.16 Å². The van der Waals surface area contributed by atoms with E-state index in [1.165, 1.54) is 24.6 Å². The summed E-state index contributed by atoms with van der Waals surface area (Å²) in [6, 6.07) is 7.25. The number of fused-ring (bicyclic) bond motifs is 1. The molecule has 0 saturated heterocycles. The lowest BCUT2D eigenvalue weighted by Crippen LogP contribution is -2.28. The largest absolute Gasteiger partial charge is 0.355 e. The summed E-state index contributed by atoms with van der Waals surface area (Å²) in [5, 5.41) is 8.73. The van der Waals surface area contributed by atoms with E-state index in [4.69, 9.17) is 11.6 Å². The number of rotatable bonds is 11. The van der Waals surface area contributed by atoms with E-state index in [0.29, 0.717) is 40.7 Å². The molecular weight excluding hydrogens is 422 g/mol. The molecule has 0 atom stereocenters. The van der Waals surface area contributed by atoms with Gasteiger partial charge in [0.05, 0.1) is 34.4 Å². The Morgan fingerprint density at radius 1 is 1.20 bits per heavy atom. The highest BCUT2D eigenvalue weighted by atomic mass is 35.5. The Morgan fingerprint density at radius 3 is 2.80 bits per heavy atom. The normalized spacial score (nSPS) is 11.1. The van der Waals surface area contributed by atoms with Crippen LogP contribution < -0.4 is 10.9 Å². The van der Waals surface area contributed by atoms with E-state index in [1.54, 1.807) is 27.7 Å². The van der Waals surface area contributed by atoms with Gasteiger partial charge in [0.1, 0.15) is 0 Å². The molecule has 0 unspecified atom stereocenters. The van der Waals surface area contributed by atoms with Crippen LogP contribution in [-0.2, 0) is 17.9 Å². The average Bonchev–Trinajstić information content (AvgIpc) is 3.16. The van der Waals surface area contributed by atoms with Crippen LogP contribution in [0.15, 0.2) is 46.6 Å². The minimum Gasteiger partial charge on any atom is -0.355 e. The van der Waals surface area contributed by atoms with E-state index < -0.39 is 0 Å². The van der Waals surface area contributed by atoms with Crippen LogP contribution in [0.1, 0.15) is 32.6 Å². The van der Waals surface area contributed by atoms with Crippen molar-refractivity contribution in [1.82, 2.24) is 24.6 Å². The molecule has 1 aromatic carbocycles. The number of thioether (sulfide) groups is 1. The molecule has 0 aliphatic rings. The number of amides is 1. The lowest BCUT2D eigenvalue weighted by Gasteiger charge is -2.13. The summed E-state index contributed by atoms with van der Waals surface area (Å²) >= 11 is 7.20. The van der Waals surface area contributed by atoms with Crippen molar-refractivity contribution in [2.24, 2.45) is 0 Å². The van der Waals surface area contributed by atoms with Gasteiger partial charge in [0, 0.05) is 19.3 Å². The van der Waals surface area contributed by atoms with E-state index in [-0.39, 0.29) is 17.2 Å². The van der Waals surface area contributed by atoms with Crippen molar-refractivity contribution < 1.29 is 4.79 Å². The maximum atomic E-state index is 13.0. The first-order chi connectivity index (χ1) is 14.6. The average molecular weight is 448 g/mol. The van der Waals surface area contributed by atoms with Gasteiger partial charge >= 0.3 is 0 Å². The van der Waals surface area contributed by atoms with Crippen molar-refractivity contribution in [3.8, 4) is 0 Å². The van der Waals surface area contributed by atoms with E-state index in [1.807, 2.05) is 18.2 Å². The Bertz CT molecular complexity index is 1050. The third-order valence-corrected chi connectivity index (χ3v) is 5.84. The van der Waals surface area contributed by atoms with Gasteiger partial charge in [-0.15, -0.1) is 0 Å². The smallest absolute Gasteiger partial charge is 0.262 e. The van der Waals surface area contributed by atoms with Crippen LogP contribution >= 0.6 is 23.4 Å². The van der Waals surface area contributed by atoms with Crippen LogP contribution in [0.2, 0.25) is 5.02 Å². The summed E-state index contributed by atoms with van der Waals surface area (Å²) in [6.45, 7) is 3.70. The Labute approximate surface area is 184 Å². The van der Waals surface area contributed by atoms with E-state index in [2.05, 4.69) is 22.3 Å². The number of unbranched alkanes of at least 4 members (excludes halogenated alkanes) is 3. The zero-order chi connectivity index (χ0) is 21.3. The van der Waals surface area contributed by atoms with Gasteiger partial charge in [-0.25, -0.2) is 4.98 Å². The van der Waals surface area contributed by atoms with E-state index in [0.717, 1.165) is 12.8 Å². The standard InChI is InChI=1S/C21H26ClN5O2S/c1-2-3-4-7-10-23-19(28)15-30-21-25-18-9-6-5-8-17(18)20(29)27(21)12-11-26-14-16(22)13-24-26/h5-6,8-9,13-14H,2-4,7,10-12,15H2,1H3,(H,23,28). The predicted octanol–water partition coefficient (Wildman–Crippen LogP) is 3.74. The van der Waals surface area contributed by atoms with E-state index in [9.17, 15) is 9.59 Å². The summed E-state index contributed by atoms with van der Waals surface area (Å²) in [5.74, 6) is 0.163. The van der Waals surface area contributed by atoms with Gasteiger partial charge in [-0.1, -0.05) is 61.7 Å². The molecule has 1 amide bonds. The lowest BCUT2D eigenvalue weighted by atomic mass is 10.2. The molecule has 0 aliphatic carbocycles. The molecule has 30 heavy (non-hydrogen) atoms. The van der Waals surface area contributed by atoms with Crippen molar-refractivity contribution in [3.05, 3.63) is 52.0 Å². The van der Waals surface area contributed by atoms with Crippen LogP contribution in [0.5, 0.6) is 0 Å². The number of nitrogens with one attached hydrogen (secondary N) is 1. The van der Waals surface area contributed by atoms with Gasteiger partial charge in [-0.2, -0.15) is 5.10 Å². The second-order valence-electron chi connectivity index (χ2n) is 6.99. The summed E-state index contributed by atoms with van der Waals surface area (Å²) < 4.78 is 3.29. The Balaban J connectivity index is 1.71. The Morgan fingerprint density at radius 2 is 2.03 bits per heavy atom. The minimum absolute atomic E-state index is 0.0516. The zero-order valence-corrected chi connectivity index (χ0v) is 18.6. The first-order valence-corrected chi connectivity index (χ1v) is 11.5. The number of hydrogen-bond donors (Lipinski definition) is 1. The number of aryl methyl sites for hydroxylation is 1. The van der Waals surface area contributed by atoms with Crippen molar-refractivity contribution in [2.45, 2.75) is 50.9 Å². The number of carbonyl (C=O) groups excluding carboxylic acids is 1. The fraction of sp³-hybridized carbons (Fsp3) is 0.429. The Hall–Kier alpha value is -2.32. The number of hydrogen-bond acceptors (Lipinski definition) is 5. The van der Waals surface area contributed by atoms with Crippen LogP contribution in [-0.4, -0.2) is 37.5 Å². The number of nitrogens with zero attached hydrogens (tertiary/aromatic N) is 4. The molecule has 3 aromatic rings. The molecule has 2 heterocycles. The molecule has 7 nitrogen and oxygen atoms in total.